The van der Waals surface area contributed by atoms with Crippen molar-refractivity contribution in [2.75, 3.05) is 14.1 Å². The van der Waals surface area contributed by atoms with Gasteiger partial charge in [-0.05, 0) is 17.7 Å². The molecular formula is C10H12ClNO3S. The second kappa shape index (κ2) is 4.84. The third-order valence-electron chi connectivity index (χ3n) is 1.95. The first kappa shape index (κ1) is 13.0. The minimum Gasteiger partial charge on any atom is -0.345 e. The summed E-state index contributed by atoms with van der Waals surface area (Å²) < 4.78 is 21.6. The summed E-state index contributed by atoms with van der Waals surface area (Å²) in [6.07, 6.45) is 0. The van der Waals surface area contributed by atoms with Crippen LogP contribution in [0.2, 0.25) is 0 Å². The minimum absolute atomic E-state index is 0.125. The number of amides is 1. The number of halogens is 1. The van der Waals surface area contributed by atoms with Crippen molar-refractivity contribution in [2.24, 2.45) is 0 Å². The van der Waals surface area contributed by atoms with E-state index in [1.54, 1.807) is 38.4 Å². The van der Waals surface area contributed by atoms with Crippen molar-refractivity contribution in [3.63, 3.8) is 0 Å². The molecular weight excluding hydrogens is 250 g/mol. The Morgan fingerprint density at radius 1 is 1.25 bits per heavy atom. The summed E-state index contributed by atoms with van der Waals surface area (Å²) in [7, 11) is 4.87. The summed E-state index contributed by atoms with van der Waals surface area (Å²) in [5.41, 5.74) is 1.08. The summed E-state index contributed by atoms with van der Waals surface area (Å²) in [6, 6.07) is 6.33. The van der Waals surface area contributed by atoms with Gasteiger partial charge < -0.3 is 4.90 Å². The van der Waals surface area contributed by atoms with Crippen LogP contribution in [0.1, 0.15) is 15.9 Å². The van der Waals surface area contributed by atoms with Gasteiger partial charge in [0.1, 0.15) is 0 Å². The van der Waals surface area contributed by atoms with Gasteiger partial charge >= 0.3 is 0 Å². The van der Waals surface area contributed by atoms with Crippen molar-refractivity contribution in [3.8, 4) is 0 Å². The van der Waals surface area contributed by atoms with Crippen LogP contribution in [0, 0.1) is 0 Å². The Labute approximate surface area is 99.2 Å². The smallest absolute Gasteiger partial charge is 0.253 e. The van der Waals surface area contributed by atoms with Crippen molar-refractivity contribution in [1.82, 2.24) is 4.90 Å². The summed E-state index contributed by atoms with van der Waals surface area (Å²) in [6.45, 7) is 0. The molecule has 0 aliphatic rings. The van der Waals surface area contributed by atoms with Crippen LogP contribution in [0.15, 0.2) is 24.3 Å². The third kappa shape index (κ3) is 3.83. The molecule has 0 saturated carbocycles. The molecule has 0 unspecified atom stereocenters. The summed E-state index contributed by atoms with van der Waals surface area (Å²) >= 11 is 0. The van der Waals surface area contributed by atoms with E-state index in [-0.39, 0.29) is 11.7 Å². The zero-order valence-corrected chi connectivity index (χ0v) is 10.5. The fourth-order valence-electron chi connectivity index (χ4n) is 1.20. The molecule has 6 heteroatoms. The van der Waals surface area contributed by atoms with Crippen LogP contribution < -0.4 is 0 Å². The Morgan fingerprint density at radius 3 is 2.12 bits per heavy atom. The highest BCUT2D eigenvalue weighted by Crippen LogP contribution is 2.11. The lowest BCUT2D eigenvalue weighted by Crippen LogP contribution is -2.21. The van der Waals surface area contributed by atoms with Gasteiger partial charge in [0.25, 0.3) is 5.91 Å². The standard InChI is InChI=1S/C10H12ClNO3S/c1-12(2)10(13)9-5-3-8(4-6-9)7-16(11,14)15/h3-6H,7H2,1-2H3. The highest BCUT2D eigenvalue weighted by Gasteiger charge is 2.10. The molecule has 0 saturated heterocycles. The van der Waals surface area contributed by atoms with Crippen LogP contribution in [0.4, 0.5) is 0 Å². The molecule has 0 radical (unpaired) electrons. The highest BCUT2D eigenvalue weighted by atomic mass is 35.7. The van der Waals surface area contributed by atoms with E-state index in [1.807, 2.05) is 0 Å². The second-order valence-electron chi connectivity index (χ2n) is 3.58. The maximum Gasteiger partial charge on any atom is 0.253 e. The van der Waals surface area contributed by atoms with Crippen LogP contribution in [0.25, 0.3) is 0 Å². The van der Waals surface area contributed by atoms with Crippen molar-refractivity contribution in [1.29, 1.82) is 0 Å². The number of hydrogen-bond acceptors (Lipinski definition) is 3. The van der Waals surface area contributed by atoms with Crippen molar-refractivity contribution in [3.05, 3.63) is 35.4 Å². The average molecular weight is 262 g/mol. The summed E-state index contributed by atoms with van der Waals surface area (Å²) in [4.78, 5) is 13.0. The number of rotatable bonds is 3. The van der Waals surface area contributed by atoms with E-state index in [0.29, 0.717) is 11.1 Å². The van der Waals surface area contributed by atoms with Crippen molar-refractivity contribution < 1.29 is 13.2 Å². The molecule has 0 aromatic heterocycles. The number of benzene rings is 1. The normalized spacial score (nSPS) is 11.2. The van der Waals surface area contributed by atoms with Crippen LogP contribution in [0.5, 0.6) is 0 Å². The van der Waals surface area contributed by atoms with Gasteiger partial charge in [0.2, 0.25) is 9.05 Å². The number of carbonyl (C=O) groups excluding carboxylic acids is 1. The topological polar surface area (TPSA) is 54.5 Å². The monoisotopic (exact) mass is 261 g/mol. The lowest BCUT2D eigenvalue weighted by molar-refractivity contribution is 0.0827. The largest absolute Gasteiger partial charge is 0.345 e. The fourth-order valence-corrected chi connectivity index (χ4v) is 2.17. The summed E-state index contributed by atoms with van der Waals surface area (Å²) in [5, 5.41) is 0. The first-order chi connectivity index (χ1) is 7.29. The van der Waals surface area contributed by atoms with Crippen molar-refractivity contribution in [2.45, 2.75) is 5.75 Å². The third-order valence-corrected chi connectivity index (χ3v) is 2.95. The van der Waals surface area contributed by atoms with E-state index >= 15 is 0 Å². The van der Waals surface area contributed by atoms with Gasteiger partial charge in [0.05, 0.1) is 5.75 Å². The Bertz CT molecular complexity index is 479. The fraction of sp³-hybridized carbons (Fsp3) is 0.300. The number of carbonyl (C=O) groups is 1. The van der Waals surface area contributed by atoms with Gasteiger partial charge in [-0.1, -0.05) is 12.1 Å². The van der Waals surface area contributed by atoms with E-state index in [2.05, 4.69) is 0 Å². The molecule has 0 atom stereocenters. The molecule has 0 aliphatic carbocycles. The van der Waals surface area contributed by atoms with Crippen LogP contribution in [-0.4, -0.2) is 33.3 Å². The van der Waals surface area contributed by atoms with E-state index < -0.39 is 9.05 Å². The number of hydrogen-bond donors (Lipinski definition) is 0. The molecule has 1 aromatic rings. The molecule has 0 bridgehead atoms. The van der Waals surface area contributed by atoms with E-state index in [4.69, 9.17) is 10.7 Å². The Hall–Kier alpha value is -1.07. The molecule has 16 heavy (non-hydrogen) atoms. The van der Waals surface area contributed by atoms with Gasteiger partial charge in [-0.25, -0.2) is 8.42 Å². The predicted molar refractivity (Wildman–Crippen MR) is 62.9 cm³/mol. The van der Waals surface area contributed by atoms with Gasteiger partial charge in [-0.15, -0.1) is 0 Å². The summed E-state index contributed by atoms with van der Waals surface area (Å²) in [5.74, 6) is -0.356. The Kier molecular flexibility index (Phi) is 3.93. The molecule has 0 aliphatic heterocycles. The lowest BCUT2D eigenvalue weighted by Gasteiger charge is -2.10. The van der Waals surface area contributed by atoms with Crippen LogP contribution in [0.3, 0.4) is 0 Å². The molecule has 4 nitrogen and oxygen atoms in total. The molecule has 0 spiro atoms. The zero-order valence-electron chi connectivity index (χ0n) is 8.97. The van der Waals surface area contributed by atoms with E-state index in [1.165, 1.54) is 4.90 Å². The molecule has 0 heterocycles. The molecule has 0 N–H and O–H groups in total. The SMILES string of the molecule is CN(C)C(=O)c1ccc(CS(=O)(=O)Cl)cc1. The van der Waals surface area contributed by atoms with E-state index in [0.717, 1.165) is 0 Å². The van der Waals surface area contributed by atoms with Crippen molar-refractivity contribution >= 4 is 25.6 Å². The second-order valence-corrected chi connectivity index (χ2v) is 6.36. The van der Waals surface area contributed by atoms with Gasteiger partial charge in [-0.3, -0.25) is 4.79 Å². The van der Waals surface area contributed by atoms with Gasteiger partial charge in [0, 0.05) is 30.3 Å². The van der Waals surface area contributed by atoms with E-state index in [9.17, 15) is 13.2 Å². The average Bonchev–Trinajstić information content (AvgIpc) is 2.15. The van der Waals surface area contributed by atoms with Gasteiger partial charge in [0.15, 0.2) is 0 Å². The van der Waals surface area contributed by atoms with Gasteiger partial charge in [-0.2, -0.15) is 0 Å². The number of nitrogens with zero attached hydrogens (tertiary/aromatic N) is 1. The minimum atomic E-state index is -3.55. The molecule has 88 valence electrons. The first-order valence-electron chi connectivity index (χ1n) is 4.52. The molecule has 1 rings (SSSR count). The lowest BCUT2D eigenvalue weighted by atomic mass is 10.1. The first-order valence-corrected chi connectivity index (χ1v) is 7.00. The highest BCUT2D eigenvalue weighted by molar-refractivity contribution is 8.13. The van der Waals surface area contributed by atoms with Crippen LogP contribution in [-0.2, 0) is 14.8 Å². The molecule has 0 fully saturated rings. The molecule has 1 amide bonds. The van der Waals surface area contributed by atoms with Crippen LogP contribution >= 0.6 is 10.7 Å². The zero-order chi connectivity index (χ0) is 12.3. The predicted octanol–water partition coefficient (Wildman–Crippen LogP) is 1.46. The Morgan fingerprint density at radius 2 is 1.75 bits per heavy atom. The molecule has 1 aromatic carbocycles. The maximum atomic E-state index is 11.5. The quantitative estimate of drug-likeness (QED) is 0.774. The Balaban J connectivity index is 2.88. The maximum absolute atomic E-state index is 11.5.